The maximum absolute atomic E-state index is 12.4. The minimum atomic E-state index is -4.27. The molecule has 11 heteroatoms. The van der Waals surface area contributed by atoms with Crippen LogP contribution in [-0.4, -0.2) is 44.9 Å². The second-order valence-corrected chi connectivity index (χ2v) is 9.09. The molecule has 0 radical (unpaired) electrons. The fraction of sp³-hybridized carbons (Fsp3) is 0.185. The summed E-state index contributed by atoms with van der Waals surface area (Å²) < 4.78 is 57.8. The van der Waals surface area contributed by atoms with Gasteiger partial charge in [0.25, 0.3) is 10.1 Å². The van der Waals surface area contributed by atoms with Crippen LogP contribution >= 0.6 is 0 Å². The Bertz CT molecular complexity index is 1320. The number of carbonyl (C=O) groups excluding carboxylic acids is 2. The molecule has 0 atom stereocenters. The van der Waals surface area contributed by atoms with E-state index in [-0.39, 0.29) is 11.7 Å². The van der Waals surface area contributed by atoms with Crippen molar-refractivity contribution in [3.05, 3.63) is 91.0 Å². The first-order valence-corrected chi connectivity index (χ1v) is 12.9. The van der Waals surface area contributed by atoms with Crippen molar-refractivity contribution >= 4 is 22.1 Å². The molecule has 0 amide bonds. The quantitative estimate of drug-likeness (QED) is 0.0777. The number of rotatable bonds is 14. The van der Waals surface area contributed by atoms with Crippen molar-refractivity contribution in [3.8, 4) is 23.0 Å². The molecule has 3 aromatic rings. The monoisotopic (exact) mass is 542 g/mol. The van der Waals surface area contributed by atoms with Crippen molar-refractivity contribution in [2.45, 2.75) is 17.7 Å². The number of unbranched alkanes of at least 4 members (excludes halogenated alkanes) is 1. The fourth-order valence-electron chi connectivity index (χ4n) is 2.96. The van der Waals surface area contributed by atoms with Gasteiger partial charge in [-0.15, -0.1) is 0 Å². The summed E-state index contributed by atoms with van der Waals surface area (Å²) in [6.07, 6.45) is 2.48. The summed E-state index contributed by atoms with van der Waals surface area (Å²) >= 11 is 0. The molecule has 1 N–H and O–H groups in total. The zero-order chi connectivity index (χ0) is 27.4. The van der Waals surface area contributed by atoms with Gasteiger partial charge in [-0.2, -0.15) is 8.42 Å². The average molecular weight is 543 g/mol. The van der Waals surface area contributed by atoms with Crippen LogP contribution in [0.3, 0.4) is 0 Å². The van der Waals surface area contributed by atoms with Crippen molar-refractivity contribution in [2.24, 2.45) is 0 Å². The van der Waals surface area contributed by atoms with E-state index in [4.69, 9.17) is 28.2 Å². The largest absolute Gasteiger partial charge is 0.494 e. The Morgan fingerprint density at radius 2 is 1.24 bits per heavy atom. The Balaban J connectivity index is 1.38. The molecule has 10 nitrogen and oxygen atoms in total. The third kappa shape index (κ3) is 9.26. The van der Waals surface area contributed by atoms with Gasteiger partial charge in [0.1, 0.15) is 23.0 Å². The average Bonchev–Trinajstić information content (AvgIpc) is 2.91. The van der Waals surface area contributed by atoms with Crippen molar-refractivity contribution in [1.82, 2.24) is 0 Å². The molecule has 0 aliphatic heterocycles. The highest BCUT2D eigenvalue weighted by Crippen LogP contribution is 2.21. The molecule has 0 heterocycles. The number of hydrogen-bond acceptors (Lipinski definition) is 9. The summed E-state index contributed by atoms with van der Waals surface area (Å²) in [4.78, 5) is 23.1. The first-order chi connectivity index (χ1) is 18.2. The van der Waals surface area contributed by atoms with Crippen LogP contribution < -0.4 is 18.9 Å². The number of carbonyl (C=O) groups is 2. The van der Waals surface area contributed by atoms with E-state index in [1.54, 1.807) is 48.5 Å². The molecule has 0 unspecified atom stereocenters. The second kappa shape index (κ2) is 13.8. The van der Waals surface area contributed by atoms with Gasteiger partial charge in [-0.25, -0.2) is 9.59 Å². The van der Waals surface area contributed by atoms with E-state index < -0.39 is 22.1 Å². The summed E-state index contributed by atoms with van der Waals surface area (Å²) in [5.41, 5.74) is 0.349. The lowest BCUT2D eigenvalue weighted by Gasteiger charge is -2.10. The molecule has 0 spiro atoms. The van der Waals surface area contributed by atoms with Gasteiger partial charge in [-0.05, 0) is 85.6 Å². The van der Waals surface area contributed by atoms with Gasteiger partial charge in [-0.1, -0.05) is 6.58 Å². The molecular weight excluding hydrogens is 516 g/mol. The number of ether oxygens (including phenoxy) is 5. The van der Waals surface area contributed by atoms with Gasteiger partial charge in [0.2, 0.25) is 6.79 Å². The van der Waals surface area contributed by atoms with Gasteiger partial charge in [0.05, 0.1) is 23.7 Å². The third-order valence-electron chi connectivity index (χ3n) is 4.92. The lowest BCUT2D eigenvalue weighted by atomic mass is 10.2. The van der Waals surface area contributed by atoms with Crippen LogP contribution in [0.5, 0.6) is 23.0 Å². The Labute approximate surface area is 220 Å². The van der Waals surface area contributed by atoms with Crippen LogP contribution in [0.15, 0.2) is 90.3 Å². The predicted molar refractivity (Wildman–Crippen MR) is 136 cm³/mol. The lowest BCUT2D eigenvalue weighted by Crippen LogP contribution is -2.09. The third-order valence-corrected chi connectivity index (χ3v) is 5.78. The molecule has 3 aromatic carbocycles. The maximum atomic E-state index is 12.4. The predicted octanol–water partition coefficient (Wildman–Crippen LogP) is 4.46. The van der Waals surface area contributed by atoms with Crippen LogP contribution in [0.4, 0.5) is 0 Å². The van der Waals surface area contributed by atoms with Crippen LogP contribution in [0.25, 0.3) is 0 Å². The molecule has 0 saturated heterocycles. The van der Waals surface area contributed by atoms with E-state index in [9.17, 15) is 18.0 Å². The highest BCUT2D eigenvalue weighted by molar-refractivity contribution is 7.85. The van der Waals surface area contributed by atoms with E-state index in [0.717, 1.165) is 6.08 Å². The smallest absolute Gasteiger partial charge is 0.343 e. The zero-order valence-corrected chi connectivity index (χ0v) is 21.1. The SMILES string of the molecule is C=CC(=O)OCCCCOc1ccc(C(=O)Oc2ccc(OCOc3ccc(S(=O)(=O)O)cc3)cc2)cc1. The molecule has 0 fully saturated rings. The van der Waals surface area contributed by atoms with E-state index in [0.29, 0.717) is 54.6 Å². The van der Waals surface area contributed by atoms with Crippen molar-refractivity contribution < 1.29 is 46.2 Å². The summed E-state index contributed by atoms with van der Waals surface area (Å²) in [5, 5.41) is 0. The molecule has 0 aliphatic rings. The number of esters is 2. The first kappa shape index (κ1) is 28.2. The summed E-state index contributed by atoms with van der Waals surface area (Å²) in [6.45, 7) is 3.92. The molecule has 0 aromatic heterocycles. The normalized spacial score (nSPS) is 10.8. The Kier molecular flexibility index (Phi) is 10.3. The second-order valence-electron chi connectivity index (χ2n) is 7.67. The van der Waals surface area contributed by atoms with Gasteiger partial charge < -0.3 is 23.7 Å². The topological polar surface area (TPSA) is 135 Å². The standard InChI is InChI=1S/C27H26O10S/c1-2-26(28)34-18-4-3-17-33-21-7-5-20(6-8-21)27(29)37-24-11-9-22(10-12-24)35-19-36-23-13-15-25(16-14-23)38(30,31)32/h2,5-16H,1,3-4,17-19H2,(H,30,31,32). The fourth-order valence-corrected chi connectivity index (χ4v) is 3.44. The molecule has 38 heavy (non-hydrogen) atoms. The highest BCUT2D eigenvalue weighted by Gasteiger charge is 2.10. The Morgan fingerprint density at radius 1 is 0.737 bits per heavy atom. The summed E-state index contributed by atoms with van der Waals surface area (Å²) in [7, 11) is -4.27. The molecular formula is C27H26O10S. The van der Waals surface area contributed by atoms with Crippen LogP contribution in [-0.2, 0) is 19.6 Å². The summed E-state index contributed by atoms with van der Waals surface area (Å²) in [6, 6.07) is 18.1. The minimum Gasteiger partial charge on any atom is -0.494 e. The molecule has 0 aliphatic carbocycles. The summed E-state index contributed by atoms with van der Waals surface area (Å²) in [5.74, 6) is 0.745. The van der Waals surface area contributed by atoms with E-state index in [1.165, 1.54) is 24.3 Å². The van der Waals surface area contributed by atoms with Crippen LogP contribution in [0.2, 0.25) is 0 Å². The van der Waals surface area contributed by atoms with E-state index in [1.807, 2.05) is 0 Å². The minimum absolute atomic E-state index is 0.151. The van der Waals surface area contributed by atoms with Gasteiger partial charge in [0, 0.05) is 6.08 Å². The van der Waals surface area contributed by atoms with Crippen molar-refractivity contribution in [1.29, 1.82) is 0 Å². The van der Waals surface area contributed by atoms with Gasteiger partial charge in [0.15, 0.2) is 0 Å². The lowest BCUT2D eigenvalue weighted by molar-refractivity contribution is -0.137. The highest BCUT2D eigenvalue weighted by atomic mass is 32.2. The number of hydrogen-bond donors (Lipinski definition) is 1. The van der Waals surface area contributed by atoms with Gasteiger partial charge >= 0.3 is 11.9 Å². The van der Waals surface area contributed by atoms with E-state index >= 15 is 0 Å². The maximum Gasteiger partial charge on any atom is 0.343 e. The Morgan fingerprint density at radius 3 is 1.82 bits per heavy atom. The zero-order valence-electron chi connectivity index (χ0n) is 20.3. The molecule has 0 bridgehead atoms. The molecule has 0 saturated carbocycles. The van der Waals surface area contributed by atoms with Crippen molar-refractivity contribution in [2.75, 3.05) is 20.0 Å². The number of benzene rings is 3. The Hall–Kier alpha value is -4.35. The van der Waals surface area contributed by atoms with E-state index in [2.05, 4.69) is 6.58 Å². The molecule has 3 rings (SSSR count). The van der Waals surface area contributed by atoms with Crippen LogP contribution in [0.1, 0.15) is 23.2 Å². The van der Waals surface area contributed by atoms with Gasteiger partial charge in [-0.3, -0.25) is 4.55 Å². The van der Waals surface area contributed by atoms with Crippen LogP contribution in [0, 0.1) is 0 Å². The first-order valence-electron chi connectivity index (χ1n) is 11.4. The van der Waals surface area contributed by atoms with Crippen molar-refractivity contribution in [3.63, 3.8) is 0 Å². The molecule has 200 valence electrons.